The minimum Gasteiger partial charge on any atom is -0.392 e. The van der Waals surface area contributed by atoms with Gasteiger partial charge < -0.3 is 15.8 Å². The van der Waals surface area contributed by atoms with Crippen LogP contribution in [0.1, 0.15) is 58.3 Å². The van der Waals surface area contributed by atoms with Crippen molar-refractivity contribution in [2.75, 3.05) is 13.7 Å². The fourth-order valence-electron chi connectivity index (χ4n) is 2.99. The summed E-state index contributed by atoms with van der Waals surface area (Å²) in [4.78, 5) is 13.1. The summed E-state index contributed by atoms with van der Waals surface area (Å²) in [5.41, 5.74) is 5.29. The van der Waals surface area contributed by atoms with Crippen LogP contribution in [0.3, 0.4) is 0 Å². The quantitative estimate of drug-likeness (QED) is 0.560. The van der Waals surface area contributed by atoms with Gasteiger partial charge in [-0.15, -0.1) is 0 Å². The Bertz CT molecular complexity index is 320. The van der Waals surface area contributed by atoms with Crippen LogP contribution in [0.25, 0.3) is 0 Å². The first-order valence-electron chi connectivity index (χ1n) is 7.66. The van der Waals surface area contributed by atoms with Crippen LogP contribution in [0.2, 0.25) is 0 Å². The molecule has 0 spiro atoms. The zero-order valence-corrected chi connectivity index (χ0v) is 13.6. The molecule has 116 valence electrons. The van der Waals surface area contributed by atoms with Gasteiger partial charge in [0, 0.05) is 7.11 Å². The van der Waals surface area contributed by atoms with Crippen LogP contribution in [0, 0.1) is 5.41 Å². The summed E-state index contributed by atoms with van der Waals surface area (Å²) in [5.74, 6) is 0.00222. The normalized spacial score (nSPS) is 19.9. The first kappa shape index (κ1) is 17.4. The van der Waals surface area contributed by atoms with E-state index in [1.807, 2.05) is 0 Å². The van der Waals surface area contributed by atoms with Gasteiger partial charge in [0.25, 0.3) is 0 Å². The standard InChI is InChI=1S/C15H28N2O2S/c1-3-8-12(11-19-2)17-14(18)15(13(16)20)9-6-4-5-7-10-15/h12H,3-11H2,1-2H3,(H2,16,20)(H,17,18). The Morgan fingerprint density at radius 1 is 1.35 bits per heavy atom. The third kappa shape index (κ3) is 4.42. The average molecular weight is 300 g/mol. The summed E-state index contributed by atoms with van der Waals surface area (Å²) < 4.78 is 5.18. The van der Waals surface area contributed by atoms with E-state index >= 15 is 0 Å². The fraction of sp³-hybridized carbons (Fsp3) is 0.867. The fourth-order valence-corrected chi connectivity index (χ4v) is 3.28. The van der Waals surface area contributed by atoms with Crippen LogP contribution < -0.4 is 11.1 Å². The van der Waals surface area contributed by atoms with E-state index in [2.05, 4.69) is 12.2 Å². The third-order valence-electron chi connectivity index (χ3n) is 4.20. The molecule has 1 aliphatic rings. The first-order valence-corrected chi connectivity index (χ1v) is 8.07. The van der Waals surface area contributed by atoms with Crippen LogP contribution in [0.15, 0.2) is 0 Å². The molecule has 1 saturated carbocycles. The van der Waals surface area contributed by atoms with Crippen LogP contribution in [0.4, 0.5) is 0 Å². The number of ether oxygens (including phenoxy) is 1. The van der Waals surface area contributed by atoms with Gasteiger partial charge in [-0.05, 0) is 19.3 Å². The SMILES string of the molecule is CCCC(COC)NC(=O)C1(C(N)=S)CCCCCC1. The van der Waals surface area contributed by atoms with E-state index in [9.17, 15) is 4.79 Å². The number of hydrogen-bond acceptors (Lipinski definition) is 3. The molecule has 5 heteroatoms. The topological polar surface area (TPSA) is 64.3 Å². The highest BCUT2D eigenvalue weighted by Gasteiger charge is 2.42. The summed E-state index contributed by atoms with van der Waals surface area (Å²) in [7, 11) is 1.66. The average Bonchev–Trinajstić information content (AvgIpc) is 2.65. The molecule has 1 atom stereocenters. The maximum absolute atomic E-state index is 12.7. The van der Waals surface area contributed by atoms with Gasteiger partial charge in [0.2, 0.25) is 5.91 Å². The predicted molar refractivity (Wildman–Crippen MR) is 85.6 cm³/mol. The molecule has 3 N–H and O–H groups in total. The van der Waals surface area contributed by atoms with Crippen LogP contribution in [-0.4, -0.2) is 30.7 Å². The molecule has 1 unspecified atom stereocenters. The highest BCUT2D eigenvalue weighted by Crippen LogP contribution is 2.36. The highest BCUT2D eigenvalue weighted by atomic mass is 32.1. The van der Waals surface area contributed by atoms with Crippen molar-refractivity contribution in [1.29, 1.82) is 0 Å². The van der Waals surface area contributed by atoms with Crippen molar-refractivity contribution in [2.45, 2.75) is 64.3 Å². The van der Waals surface area contributed by atoms with Crippen LogP contribution in [-0.2, 0) is 9.53 Å². The molecule has 1 fully saturated rings. The van der Waals surface area contributed by atoms with E-state index in [4.69, 9.17) is 22.7 Å². The molecule has 4 nitrogen and oxygen atoms in total. The van der Waals surface area contributed by atoms with Gasteiger partial charge in [-0.2, -0.15) is 0 Å². The zero-order chi connectivity index (χ0) is 15.0. The molecule has 0 aromatic rings. The molecule has 0 aliphatic heterocycles. The predicted octanol–water partition coefficient (Wildman–Crippen LogP) is 2.54. The van der Waals surface area contributed by atoms with Gasteiger partial charge in [0.1, 0.15) is 0 Å². The number of amides is 1. The van der Waals surface area contributed by atoms with Gasteiger partial charge in [-0.1, -0.05) is 51.2 Å². The Labute approximate surface area is 127 Å². The van der Waals surface area contributed by atoms with Gasteiger partial charge in [0.05, 0.1) is 23.1 Å². The van der Waals surface area contributed by atoms with Gasteiger partial charge in [-0.3, -0.25) is 4.79 Å². The summed E-state index contributed by atoms with van der Waals surface area (Å²) in [6, 6.07) is 0.0481. The maximum Gasteiger partial charge on any atom is 0.233 e. The minimum atomic E-state index is -0.647. The van der Waals surface area contributed by atoms with Gasteiger partial charge >= 0.3 is 0 Å². The summed E-state index contributed by atoms with van der Waals surface area (Å²) >= 11 is 5.23. The Hall–Kier alpha value is -0.680. The van der Waals surface area contributed by atoms with Crippen LogP contribution in [0.5, 0.6) is 0 Å². The molecule has 0 radical (unpaired) electrons. The number of carbonyl (C=O) groups excluding carboxylic acids is 1. The van der Waals surface area contributed by atoms with E-state index < -0.39 is 5.41 Å². The van der Waals surface area contributed by atoms with Crippen molar-refractivity contribution in [3.8, 4) is 0 Å². The van der Waals surface area contributed by atoms with Crippen molar-refractivity contribution in [3.63, 3.8) is 0 Å². The second kappa shape index (κ2) is 8.57. The zero-order valence-electron chi connectivity index (χ0n) is 12.7. The number of thiocarbonyl (C=S) groups is 1. The van der Waals surface area contributed by atoms with E-state index in [1.165, 1.54) is 0 Å². The number of rotatable bonds is 7. The molecule has 1 amide bonds. The van der Waals surface area contributed by atoms with E-state index in [0.717, 1.165) is 51.4 Å². The Morgan fingerprint density at radius 3 is 2.40 bits per heavy atom. The van der Waals surface area contributed by atoms with E-state index in [-0.39, 0.29) is 11.9 Å². The van der Waals surface area contributed by atoms with Gasteiger partial charge in [-0.25, -0.2) is 0 Å². The van der Waals surface area contributed by atoms with Crippen molar-refractivity contribution in [2.24, 2.45) is 11.1 Å². The summed E-state index contributed by atoms with van der Waals surface area (Å²) in [5, 5.41) is 3.11. The molecule has 20 heavy (non-hydrogen) atoms. The molecule has 0 heterocycles. The summed E-state index contributed by atoms with van der Waals surface area (Å²) in [6.07, 6.45) is 7.84. The Morgan fingerprint density at radius 2 is 1.95 bits per heavy atom. The lowest BCUT2D eigenvalue weighted by Crippen LogP contribution is -2.52. The molecule has 0 aromatic heterocycles. The second-order valence-corrected chi connectivity index (χ2v) is 6.21. The molecule has 1 rings (SSSR count). The van der Waals surface area contributed by atoms with E-state index in [0.29, 0.717) is 11.6 Å². The molecule has 1 aliphatic carbocycles. The van der Waals surface area contributed by atoms with Crippen molar-refractivity contribution in [1.82, 2.24) is 5.32 Å². The number of hydrogen-bond donors (Lipinski definition) is 2. The highest BCUT2D eigenvalue weighted by molar-refractivity contribution is 7.80. The Kier molecular flexibility index (Phi) is 7.45. The lowest BCUT2D eigenvalue weighted by molar-refractivity contribution is -0.129. The number of carbonyl (C=O) groups is 1. The van der Waals surface area contributed by atoms with Crippen LogP contribution >= 0.6 is 12.2 Å². The molecule has 0 bridgehead atoms. The Balaban J connectivity index is 2.79. The number of methoxy groups -OCH3 is 1. The molecular weight excluding hydrogens is 272 g/mol. The number of nitrogens with two attached hydrogens (primary N) is 1. The molecule has 0 saturated heterocycles. The smallest absolute Gasteiger partial charge is 0.233 e. The molecule has 0 aromatic carbocycles. The third-order valence-corrected chi connectivity index (χ3v) is 4.59. The van der Waals surface area contributed by atoms with Crippen molar-refractivity contribution in [3.05, 3.63) is 0 Å². The van der Waals surface area contributed by atoms with Gasteiger partial charge in [0.15, 0.2) is 0 Å². The molecular formula is C15H28N2O2S. The monoisotopic (exact) mass is 300 g/mol. The van der Waals surface area contributed by atoms with E-state index in [1.54, 1.807) is 7.11 Å². The maximum atomic E-state index is 12.7. The largest absolute Gasteiger partial charge is 0.392 e. The second-order valence-electron chi connectivity index (χ2n) is 5.77. The lowest BCUT2D eigenvalue weighted by Gasteiger charge is -2.32. The minimum absolute atomic E-state index is 0.00222. The first-order chi connectivity index (χ1) is 9.56. The van der Waals surface area contributed by atoms with Crippen molar-refractivity contribution >= 4 is 23.1 Å². The lowest BCUT2D eigenvalue weighted by atomic mass is 9.79. The van der Waals surface area contributed by atoms with Crippen molar-refractivity contribution < 1.29 is 9.53 Å². The number of nitrogens with one attached hydrogen (secondary N) is 1. The summed E-state index contributed by atoms with van der Waals surface area (Å²) in [6.45, 7) is 2.64.